The molecule has 0 aliphatic heterocycles. The molecule has 0 saturated heterocycles. The highest BCUT2D eigenvalue weighted by molar-refractivity contribution is 5.32. The molecule has 3 nitrogen and oxygen atoms in total. The van der Waals surface area contributed by atoms with Gasteiger partial charge in [0.25, 0.3) is 0 Å². The fourth-order valence-electron chi connectivity index (χ4n) is 0.799. The maximum atomic E-state index is 8.52. The smallest absolute Gasteiger partial charge is 0.208 e. The van der Waals surface area contributed by atoms with Crippen molar-refractivity contribution in [3.63, 3.8) is 0 Å². The zero-order valence-corrected chi connectivity index (χ0v) is 5.95. The number of nitrogens with zero attached hydrogens (tertiary/aromatic N) is 1. The topological polar surface area (TPSA) is 62.9 Å². The minimum Gasteiger partial charge on any atom is -0.453 e. The summed E-state index contributed by atoms with van der Waals surface area (Å²) >= 11 is 0. The van der Waals surface area contributed by atoms with Gasteiger partial charge < -0.3 is 10.2 Å². The summed E-state index contributed by atoms with van der Waals surface area (Å²) in [5.41, 5.74) is 6.27. The number of rotatable bonds is 2. The lowest BCUT2D eigenvalue weighted by atomic mass is 10.1. The number of nitrogens with two attached hydrogens (primary N) is 1. The lowest BCUT2D eigenvalue weighted by molar-refractivity contribution is 0.547. The van der Waals surface area contributed by atoms with E-state index in [4.69, 9.17) is 15.4 Å². The Hall–Kier alpha value is -1.53. The van der Waals surface area contributed by atoms with Crippen molar-refractivity contribution >= 4 is 0 Å². The highest BCUT2D eigenvalue weighted by Gasteiger charge is 2.09. The standard InChI is InChI=1S/C8H8N2O/c1-2-7(10)6-3-4-11-8(6)5-9/h2-4,7H,1,10H2/t7-/m0/s1. The summed E-state index contributed by atoms with van der Waals surface area (Å²) in [7, 11) is 0. The van der Waals surface area contributed by atoms with Crippen LogP contribution in [0.5, 0.6) is 0 Å². The Bertz CT molecular complexity index is 295. The van der Waals surface area contributed by atoms with Gasteiger partial charge in [-0.05, 0) is 6.07 Å². The maximum absolute atomic E-state index is 8.52. The van der Waals surface area contributed by atoms with Gasteiger partial charge in [0.1, 0.15) is 6.07 Å². The molecule has 1 aromatic heterocycles. The van der Waals surface area contributed by atoms with E-state index >= 15 is 0 Å². The van der Waals surface area contributed by atoms with Gasteiger partial charge in [0.05, 0.1) is 12.3 Å². The monoisotopic (exact) mass is 148 g/mol. The molecule has 3 heteroatoms. The van der Waals surface area contributed by atoms with Crippen molar-refractivity contribution in [1.82, 2.24) is 0 Å². The predicted octanol–water partition coefficient (Wildman–Crippen LogP) is 1.34. The minimum absolute atomic E-state index is 0.261. The number of furan rings is 1. The van der Waals surface area contributed by atoms with Gasteiger partial charge in [-0.1, -0.05) is 6.08 Å². The molecule has 0 spiro atoms. The van der Waals surface area contributed by atoms with Crippen LogP contribution in [-0.4, -0.2) is 0 Å². The van der Waals surface area contributed by atoms with E-state index in [0.717, 1.165) is 0 Å². The predicted molar refractivity (Wildman–Crippen MR) is 40.5 cm³/mol. The Morgan fingerprint density at radius 3 is 3.09 bits per heavy atom. The first-order chi connectivity index (χ1) is 5.29. The number of hydrogen-bond acceptors (Lipinski definition) is 3. The quantitative estimate of drug-likeness (QED) is 0.643. The van der Waals surface area contributed by atoms with Crippen molar-refractivity contribution in [2.45, 2.75) is 6.04 Å². The summed E-state index contributed by atoms with van der Waals surface area (Å²) in [6.45, 7) is 3.52. The van der Waals surface area contributed by atoms with Crippen molar-refractivity contribution in [3.8, 4) is 6.07 Å². The lowest BCUT2D eigenvalue weighted by Crippen LogP contribution is -2.06. The molecule has 2 N–H and O–H groups in total. The summed E-state index contributed by atoms with van der Waals surface area (Å²) in [4.78, 5) is 0. The molecule has 0 aromatic carbocycles. The zero-order chi connectivity index (χ0) is 8.27. The molecule has 1 rings (SSSR count). The van der Waals surface area contributed by atoms with E-state index in [0.29, 0.717) is 5.56 Å². The van der Waals surface area contributed by atoms with Crippen LogP contribution < -0.4 is 5.73 Å². The normalized spacial score (nSPS) is 12.0. The lowest BCUT2D eigenvalue weighted by Gasteiger charge is -2.00. The van der Waals surface area contributed by atoms with Crippen LogP contribution in [0.3, 0.4) is 0 Å². The van der Waals surface area contributed by atoms with Gasteiger partial charge in [-0.15, -0.1) is 6.58 Å². The third kappa shape index (κ3) is 1.31. The molecule has 1 atom stereocenters. The maximum Gasteiger partial charge on any atom is 0.208 e. The molecule has 0 amide bonds. The largest absolute Gasteiger partial charge is 0.453 e. The molecule has 0 aliphatic rings. The van der Waals surface area contributed by atoms with E-state index in [-0.39, 0.29) is 11.8 Å². The second-order valence-electron chi connectivity index (χ2n) is 2.08. The second kappa shape index (κ2) is 3.04. The van der Waals surface area contributed by atoms with Gasteiger partial charge in [-0.2, -0.15) is 5.26 Å². The minimum atomic E-state index is -0.316. The SMILES string of the molecule is C=C[C@H](N)c1ccoc1C#N. The molecule has 1 aromatic rings. The molecule has 0 aliphatic carbocycles. The van der Waals surface area contributed by atoms with Crippen molar-refractivity contribution < 1.29 is 4.42 Å². The number of hydrogen-bond donors (Lipinski definition) is 1. The Labute approximate surface area is 64.7 Å². The van der Waals surface area contributed by atoms with Gasteiger partial charge in [0.15, 0.2) is 0 Å². The highest BCUT2D eigenvalue weighted by atomic mass is 16.3. The van der Waals surface area contributed by atoms with E-state index < -0.39 is 0 Å². The zero-order valence-electron chi connectivity index (χ0n) is 5.95. The third-order valence-corrected chi connectivity index (χ3v) is 1.41. The van der Waals surface area contributed by atoms with Crippen molar-refractivity contribution in [1.29, 1.82) is 5.26 Å². The fraction of sp³-hybridized carbons (Fsp3) is 0.125. The van der Waals surface area contributed by atoms with Crippen LogP contribution in [-0.2, 0) is 0 Å². The molecular formula is C8H8N2O. The summed E-state index contributed by atoms with van der Waals surface area (Å²) in [5.74, 6) is 0.261. The van der Waals surface area contributed by atoms with Crippen LogP contribution in [0.2, 0.25) is 0 Å². The summed E-state index contributed by atoms with van der Waals surface area (Å²) < 4.78 is 4.85. The van der Waals surface area contributed by atoms with Crippen LogP contribution >= 0.6 is 0 Å². The molecular weight excluding hydrogens is 140 g/mol. The van der Waals surface area contributed by atoms with E-state index in [1.165, 1.54) is 6.26 Å². The molecule has 0 fully saturated rings. The van der Waals surface area contributed by atoms with Crippen LogP contribution in [0.25, 0.3) is 0 Å². The molecule has 56 valence electrons. The molecule has 11 heavy (non-hydrogen) atoms. The average molecular weight is 148 g/mol. The first-order valence-electron chi connectivity index (χ1n) is 3.15. The highest BCUT2D eigenvalue weighted by Crippen LogP contribution is 2.16. The summed E-state index contributed by atoms with van der Waals surface area (Å²) in [6.07, 6.45) is 3.00. The molecule has 0 unspecified atom stereocenters. The Morgan fingerprint density at radius 2 is 2.55 bits per heavy atom. The van der Waals surface area contributed by atoms with Crippen LogP contribution in [0.1, 0.15) is 17.4 Å². The first kappa shape index (κ1) is 7.58. The fourth-order valence-corrected chi connectivity index (χ4v) is 0.799. The van der Waals surface area contributed by atoms with E-state index in [1.54, 1.807) is 12.1 Å². The first-order valence-corrected chi connectivity index (χ1v) is 3.15. The Balaban J connectivity index is 3.04. The van der Waals surface area contributed by atoms with Gasteiger partial charge in [0, 0.05) is 5.56 Å². The van der Waals surface area contributed by atoms with Crippen molar-refractivity contribution in [2.24, 2.45) is 5.73 Å². The molecule has 0 saturated carbocycles. The van der Waals surface area contributed by atoms with Gasteiger partial charge >= 0.3 is 0 Å². The second-order valence-corrected chi connectivity index (χ2v) is 2.08. The van der Waals surface area contributed by atoms with Gasteiger partial charge in [-0.3, -0.25) is 0 Å². The van der Waals surface area contributed by atoms with Gasteiger partial charge in [-0.25, -0.2) is 0 Å². The average Bonchev–Trinajstić information content (AvgIpc) is 2.50. The van der Waals surface area contributed by atoms with Crippen LogP contribution in [0.4, 0.5) is 0 Å². The van der Waals surface area contributed by atoms with E-state index in [2.05, 4.69) is 6.58 Å². The Morgan fingerprint density at radius 1 is 1.82 bits per heavy atom. The van der Waals surface area contributed by atoms with Crippen molar-refractivity contribution in [2.75, 3.05) is 0 Å². The summed E-state index contributed by atoms with van der Waals surface area (Å²) in [5, 5.41) is 8.52. The molecule has 0 radical (unpaired) electrons. The van der Waals surface area contributed by atoms with E-state index in [9.17, 15) is 0 Å². The Kier molecular flexibility index (Phi) is 2.09. The van der Waals surface area contributed by atoms with Gasteiger partial charge in [0.2, 0.25) is 5.76 Å². The number of nitriles is 1. The van der Waals surface area contributed by atoms with E-state index in [1.807, 2.05) is 6.07 Å². The van der Waals surface area contributed by atoms with Crippen LogP contribution in [0, 0.1) is 11.3 Å². The van der Waals surface area contributed by atoms with Crippen LogP contribution in [0.15, 0.2) is 29.4 Å². The molecule has 0 bridgehead atoms. The van der Waals surface area contributed by atoms with Crippen molar-refractivity contribution in [3.05, 3.63) is 36.3 Å². The summed E-state index contributed by atoms with van der Waals surface area (Å²) in [6, 6.07) is 3.25. The third-order valence-electron chi connectivity index (χ3n) is 1.41. The molecule has 1 heterocycles.